The molecule has 1 aromatic carbocycles. The molecule has 1 unspecified atom stereocenters. The number of aryl methyl sites for hydroxylation is 2. The lowest BCUT2D eigenvalue weighted by Gasteiger charge is -2.41. The molecular weight excluding hydrogens is 292 g/mol. The fourth-order valence-corrected chi connectivity index (χ4v) is 3.13. The monoisotopic (exact) mass is 310 g/mol. The van der Waals surface area contributed by atoms with Crippen molar-refractivity contribution in [2.75, 3.05) is 5.32 Å². The third-order valence-electron chi connectivity index (χ3n) is 4.24. The van der Waals surface area contributed by atoms with Crippen molar-refractivity contribution in [3.05, 3.63) is 51.4 Å². The summed E-state index contributed by atoms with van der Waals surface area (Å²) < 4.78 is 7.45. The Labute approximate surface area is 133 Å². The minimum Gasteiger partial charge on any atom is -0.481 e. The van der Waals surface area contributed by atoms with Gasteiger partial charge in [-0.25, -0.2) is 4.98 Å². The summed E-state index contributed by atoms with van der Waals surface area (Å²) in [6, 6.07) is 7.44. The van der Waals surface area contributed by atoms with E-state index >= 15 is 0 Å². The van der Waals surface area contributed by atoms with Gasteiger partial charge in [-0.2, -0.15) is 9.78 Å². The molecule has 0 aliphatic carbocycles. The van der Waals surface area contributed by atoms with Gasteiger partial charge in [0.05, 0.1) is 0 Å². The van der Waals surface area contributed by atoms with Crippen molar-refractivity contribution < 1.29 is 4.74 Å². The zero-order valence-corrected chi connectivity index (χ0v) is 13.5. The van der Waals surface area contributed by atoms with Crippen LogP contribution in [-0.4, -0.2) is 21.0 Å². The minimum absolute atomic E-state index is 0.150. The van der Waals surface area contributed by atoms with Gasteiger partial charge in [-0.3, -0.25) is 4.79 Å². The maximum atomic E-state index is 12.2. The summed E-state index contributed by atoms with van der Waals surface area (Å²) in [6.07, 6.45) is 0. The summed E-state index contributed by atoms with van der Waals surface area (Å²) >= 11 is 0. The van der Waals surface area contributed by atoms with E-state index in [2.05, 4.69) is 15.4 Å². The van der Waals surface area contributed by atoms with E-state index in [0.717, 1.165) is 22.6 Å². The number of anilines is 1. The number of hydrogen-bond donors (Lipinski definition) is 1. The Morgan fingerprint density at radius 1 is 1.26 bits per heavy atom. The summed E-state index contributed by atoms with van der Waals surface area (Å²) in [7, 11) is 0. The molecule has 23 heavy (non-hydrogen) atoms. The maximum absolute atomic E-state index is 12.2. The summed E-state index contributed by atoms with van der Waals surface area (Å²) in [6.45, 7) is 7.76. The number of nitrogens with one attached hydrogen (secondary N) is 1. The van der Waals surface area contributed by atoms with Crippen LogP contribution in [0.15, 0.2) is 34.2 Å². The molecular formula is C17H18N4O2. The van der Waals surface area contributed by atoms with Gasteiger partial charge in [0.15, 0.2) is 0 Å². The number of ether oxygens (including phenoxy) is 1. The van der Waals surface area contributed by atoms with Gasteiger partial charge < -0.3 is 10.1 Å². The Morgan fingerprint density at radius 3 is 2.83 bits per heavy atom. The highest BCUT2D eigenvalue weighted by Gasteiger charge is 2.43. The van der Waals surface area contributed by atoms with E-state index in [1.807, 2.05) is 39.0 Å². The van der Waals surface area contributed by atoms with Gasteiger partial charge in [0.2, 0.25) is 5.95 Å². The quantitative estimate of drug-likeness (QED) is 0.811. The summed E-state index contributed by atoms with van der Waals surface area (Å²) in [5, 5.41) is 7.91. The molecule has 0 radical (unpaired) electrons. The molecule has 2 aromatic rings. The van der Waals surface area contributed by atoms with Crippen LogP contribution in [0.2, 0.25) is 0 Å². The van der Waals surface area contributed by atoms with Crippen LogP contribution in [0.5, 0.6) is 5.75 Å². The Bertz CT molecular complexity index is 911. The molecule has 2 aliphatic rings. The molecule has 2 aliphatic heterocycles. The van der Waals surface area contributed by atoms with Gasteiger partial charge in [0, 0.05) is 17.3 Å². The van der Waals surface area contributed by atoms with Gasteiger partial charge >= 0.3 is 0 Å². The Hall–Kier alpha value is -2.63. The van der Waals surface area contributed by atoms with Crippen molar-refractivity contribution in [2.45, 2.75) is 39.3 Å². The molecule has 4 rings (SSSR count). The molecule has 1 aromatic heterocycles. The predicted octanol–water partition coefficient (Wildman–Crippen LogP) is 2.40. The van der Waals surface area contributed by atoms with E-state index in [4.69, 9.17) is 4.74 Å². The number of nitrogens with zero attached hydrogens (tertiary/aromatic N) is 3. The third-order valence-corrected chi connectivity index (χ3v) is 4.24. The van der Waals surface area contributed by atoms with Gasteiger partial charge in [-0.15, -0.1) is 0 Å². The Kier molecular flexibility index (Phi) is 2.70. The molecule has 0 fully saturated rings. The molecule has 1 atom stereocenters. The van der Waals surface area contributed by atoms with Crippen LogP contribution in [0.25, 0.3) is 0 Å². The summed E-state index contributed by atoms with van der Waals surface area (Å²) in [4.78, 5) is 16.6. The second-order valence-electron chi connectivity index (χ2n) is 6.59. The predicted molar refractivity (Wildman–Crippen MR) is 88.3 cm³/mol. The molecule has 3 heterocycles. The highest BCUT2D eigenvalue weighted by Crippen LogP contribution is 2.41. The van der Waals surface area contributed by atoms with E-state index in [9.17, 15) is 4.79 Å². The molecule has 0 spiro atoms. The zero-order valence-electron chi connectivity index (χ0n) is 13.5. The molecule has 118 valence electrons. The number of hydrogen-bond acceptors (Lipinski definition) is 5. The van der Waals surface area contributed by atoms with Crippen molar-refractivity contribution in [2.24, 2.45) is 5.10 Å². The second kappa shape index (κ2) is 4.44. The largest absolute Gasteiger partial charge is 0.481 e. The van der Waals surface area contributed by atoms with E-state index in [1.54, 1.807) is 6.92 Å². The SMILES string of the molecule is Cc1ccc2c(c1)OC(C)(C)C1=Nn3c(nc(C)cc3=O)NC12. The van der Waals surface area contributed by atoms with E-state index in [-0.39, 0.29) is 11.6 Å². The minimum atomic E-state index is -0.611. The topological polar surface area (TPSA) is 68.5 Å². The maximum Gasteiger partial charge on any atom is 0.275 e. The van der Waals surface area contributed by atoms with Crippen LogP contribution in [0.3, 0.4) is 0 Å². The van der Waals surface area contributed by atoms with Gasteiger partial charge in [-0.1, -0.05) is 12.1 Å². The fourth-order valence-electron chi connectivity index (χ4n) is 3.13. The molecule has 6 nitrogen and oxygen atoms in total. The van der Waals surface area contributed by atoms with Crippen LogP contribution < -0.4 is 15.6 Å². The van der Waals surface area contributed by atoms with Crippen molar-refractivity contribution in [3.8, 4) is 5.75 Å². The number of aromatic nitrogens is 2. The fraction of sp³-hybridized carbons (Fsp3) is 0.353. The highest BCUT2D eigenvalue weighted by atomic mass is 16.5. The van der Waals surface area contributed by atoms with Crippen LogP contribution in [-0.2, 0) is 0 Å². The molecule has 1 N–H and O–H groups in total. The van der Waals surface area contributed by atoms with Gasteiger partial charge in [-0.05, 0) is 39.3 Å². The lowest BCUT2D eigenvalue weighted by molar-refractivity contribution is 0.166. The van der Waals surface area contributed by atoms with Crippen molar-refractivity contribution in [3.63, 3.8) is 0 Å². The summed E-state index contributed by atoms with van der Waals surface area (Å²) in [5.41, 5.74) is 2.78. The normalized spacial score (nSPS) is 20.3. The van der Waals surface area contributed by atoms with Crippen molar-refractivity contribution >= 4 is 11.7 Å². The molecule has 0 saturated heterocycles. The average Bonchev–Trinajstić information content (AvgIpc) is 2.44. The van der Waals surface area contributed by atoms with E-state index < -0.39 is 5.60 Å². The lowest BCUT2D eigenvalue weighted by atomic mass is 9.86. The Morgan fingerprint density at radius 2 is 2.04 bits per heavy atom. The number of fused-ring (bicyclic) bond motifs is 4. The first-order valence-corrected chi connectivity index (χ1v) is 7.61. The summed E-state index contributed by atoms with van der Waals surface area (Å²) in [5.74, 6) is 1.31. The molecule has 0 bridgehead atoms. The highest BCUT2D eigenvalue weighted by molar-refractivity contribution is 6.01. The average molecular weight is 310 g/mol. The van der Waals surface area contributed by atoms with Crippen molar-refractivity contribution in [1.82, 2.24) is 9.66 Å². The van der Waals surface area contributed by atoms with Crippen LogP contribution >= 0.6 is 0 Å². The molecule has 0 amide bonds. The zero-order chi connectivity index (χ0) is 16.4. The van der Waals surface area contributed by atoms with E-state index in [0.29, 0.717) is 11.6 Å². The molecule has 0 saturated carbocycles. The lowest BCUT2D eigenvalue weighted by Crippen LogP contribution is -2.50. The third kappa shape index (κ3) is 2.05. The second-order valence-corrected chi connectivity index (χ2v) is 6.59. The van der Waals surface area contributed by atoms with E-state index in [1.165, 1.54) is 10.7 Å². The molecule has 6 heteroatoms. The number of rotatable bonds is 0. The first kappa shape index (κ1) is 14.0. The van der Waals surface area contributed by atoms with Gasteiger partial charge in [0.1, 0.15) is 23.1 Å². The number of benzene rings is 1. The smallest absolute Gasteiger partial charge is 0.275 e. The standard InChI is InChI=1S/C17H18N4O2/c1-9-5-6-11-12(7-9)23-17(3,4)15-14(11)19-16-18-10(2)8-13(22)21(16)20-15/h5-8,14H,1-4H3,(H,18,19). The first-order valence-electron chi connectivity index (χ1n) is 7.61. The first-order chi connectivity index (χ1) is 10.8. The van der Waals surface area contributed by atoms with Gasteiger partial charge in [0.25, 0.3) is 5.56 Å². The van der Waals surface area contributed by atoms with Crippen molar-refractivity contribution in [1.29, 1.82) is 0 Å². The van der Waals surface area contributed by atoms with Crippen LogP contribution in [0, 0.1) is 13.8 Å². The van der Waals surface area contributed by atoms with Crippen LogP contribution in [0.1, 0.15) is 36.7 Å². The van der Waals surface area contributed by atoms with Crippen LogP contribution in [0.4, 0.5) is 5.95 Å². The Balaban J connectivity index is 1.96.